The number of benzene rings is 1. The van der Waals surface area contributed by atoms with Crippen LogP contribution in [0.4, 0.5) is 0 Å². The number of hydrogen-bond acceptors (Lipinski definition) is 5. The molecule has 6 heteroatoms. The van der Waals surface area contributed by atoms with Crippen LogP contribution in [0.2, 0.25) is 5.02 Å². The van der Waals surface area contributed by atoms with Gasteiger partial charge in [0.25, 0.3) is 0 Å². The minimum Gasteiger partial charge on any atom is -0.468 e. The topological polar surface area (TPSA) is 65.0 Å². The molecule has 0 fully saturated rings. The van der Waals surface area contributed by atoms with Gasteiger partial charge in [0.15, 0.2) is 0 Å². The quantitative estimate of drug-likeness (QED) is 0.592. The summed E-state index contributed by atoms with van der Waals surface area (Å²) >= 11 is 6.36. The normalized spacial score (nSPS) is 19.9. The van der Waals surface area contributed by atoms with E-state index in [1.807, 2.05) is 0 Å². The Labute approximate surface area is 152 Å². The first-order chi connectivity index (χ1) is 11.9. The summed E-state index contributed by atoms with van der Waals surface area (Å²) in [5, 5.41) is 0.456. The molecule has 0 aromatic heterocycles. The molecule has 1 aromatic rings. The smallest absolute Gasteiger partial charge is 0.336 e. The summed E-state index contributed by atoms with van der Waals surface area (Å²) in [7, 11) is 1.31. The summed E-state index contributed by atoms with van der Waals surface area (Å²) in [4.78, 5) is 29.4. The molecule has 0 aliphatic carbocycles. The number of carbonyl (C=O) groups excluding carboxylic acids is 2. The van der Waals surface area contributed by atoms with E-state index in [1.54, 1.807) is 38.1 Å². The third-order valence-corrected chi connectivity index (χ3v) is 4.42. The van der Waals surface area contributed by atoms with Crippen molar-refractivity contribution in [1.29, 1.82) is 0 Å². The van der Waals surface area contributed by atoms with Crippen molar-refractivity contribution in [3.05, 3.63) is 58.8 Å². The minimum absolute atomic E-state index is 0.0659. The van der Waals surface area contributed by atoms with E-state index in [1.165, 1.54) is 13.2 Å². The molecule has 5 nitrogen and oxygen atoms in total. The molecule has 0 N–H and O–H groups in total. The van der Waals surface area contributed by atoms with Gasteiger partial charge in [-0.2, -0.15) is 0 Å². The zero-order valence-corrected chi connectivity index (χ0v) is 15.2. The van der Waals surface area contributed by atoms with Crippen LogP contribution in [0.1, 0.15) is 25.3 Å². The third kappa shape index (κ3) is 3.82. The second-order valence-electron chi connectivity index (χ2n) is 5.64. The van der Waals surface area contributed by atoms with E-state index in [9.17, 15) is 9.59 Å². The maximum Gasteiger partial charge on any atom is 0.336 e. The van der Waals surface area contributed by atoms with E-state index in [0.717, 1.165) is 0 Å². The van der Waals surface area contributed by atoms with Crippen molar-refractivity contribution in [3.63, 3.8) is 0 Å². The Hall–Kier alpha value is -2.40. The number of carbonyl (C=O) groups is 2. The van der Waals surface area contributed by atoms with Crippen LogP contribution >= 0.6 is 11.6 Å². The lowest BCUT2D eigenvalue weighted by Crippen LogP contribution is -2.36. The maximum absolute atomic E-state index is 12.6. The average Bonchev–Trinajstić information content (AvgIpc) is 2.59. The Morgan fingerprint density at radius 3 is 2.60 bits per heavy atom. The molecule has 1 aliphatic rings. The molecule has 0 spiro atoms. The lowest BCUT2D eigenvalue weighted by molar-refractivity contribution is -0.143. The SMILES string of the molecule is C=CCOC(=O)C1=C(C)N=C(C)C(C(=O)OC)C1c1ccccc1Cl. The zero-order chi connectivity index (χ0) is 18.6. The van der Waals surface area contributed by atoms with E-state index < -0.39 is 23.8 Å². The molecular formula is C19H20ClNO4. The summed E-state index contributed by atoms with van der Waals surface area (Å²) in [6.45, 7) is 7.06. The number of methoxy groups -OCH3 is 1. The molecule has 0 bridgehead atoms. The lowest BCUT2D eigenvalue weighted by Gasteiger charge is -2.31. The molecule has 25 heavy (non-hydrogen) atoms. The van der Waals surface area contributed by atoms with E-state index in [2.05, 4.69) is 11.6 Å². The third-order valence-electron chi connectivity index (χ3n) is 4.08. The molecule has 1 aromatic carbocycles. The number of allylic oxidation sites excluding steroid dienone is 1. The second kappa shape index (κ2) is 8.12. The minimum atomic E-state index is -0.750. The highest BCUT2D eigenvalue weighted by Crippen LogP contribution is 2.42. The molecule has 0 saturated carbocycles. The molecule has 1 heterocycles. The Bertz CT molecular complexity index is 766. The maximum atomic E-state index is 12.6. The van der Waals surface area contributed by atoms with Gasteiger partial charge in [0.1, 0.15) is 12.5 Å². The van der Waals surface area contributed by atoms with Gasteiger partial charge in [0, 0.05) is 22.3 Å². The summed E-state index contributed by atoms with van der Waals surface area (Å²) in [6, 6.07) is 7.09. The fraction of sp³-hybridized carbons (Fsp3) is 0.316. The highest BCUT2D eigenvalue weighted by molar-refractivity contribution is 6.31. The van der Waals surface area contributed by atoms with Crippen LogP contribution in [0, 0.1) is 5.92 Å². The number of esters is 2. The summed E-state index contributed by atoms with van der Waals surface area (Å²) in [6.07, 6.45) is 1.48. The predicted molar refractivity (Wildman–Crippen MR) is 96.7 cm³/mol. The van der Waals surface area contributed by atoms with Crippen LogP contribution in [0.15, 0.2) is 53.2 Å². The Morgan fingerprint density at radius 2 is 2.00 bits per heavy atom. The summed E-state index contributed by atoms with van der Waals surface area (Å²) in [5.41, 5.74) is 2.01. The molecule has 2 rings (SSSR count). The molecule has 2 atom stereocenters. The highest BCUT2D eigenvalue weighted by Gasteiger charge is 2.42. The first-order valence-electron chi connectivity index (χ1n) is 7.78. The Balaban J connectivity index is 2.64. The van der Waals surface area contributed by atoms with Gasteiger partial charge in [-0.15, -0.1) is 0 Å². The number of nitrogens with zero attached hydrogens (tertiary/aromatic N) is 1. The van der Waals surface area contributed by atoms with Crippen molar-refractivity contribution in [2.24, 2.45) is 10.9 Å². The van der Waals surface area contributed by atoms with E-state index in [0.29, 0.717) is 27.6 Å². The van der Waals surface area contributed by atoms with E-state index in [-0.39, 0.29) is 6.61 Å². The van der Waals surface area contributed by atoms with Crippen molar-refractivity contribution in [3.8, 4) is 0 Å². The molecule has 1 aliphatic heterocycles. The standard InChI is InChI=1S/C19H20ClNO4/c1-5-10-25-19(23)16-12(3)21-11(2)15(18(22)24-4)17(16)13-8-6-7-9-14(13)20/h5-9,15,17H,1,10H2,2-4H3. The van der Waals surface area contributed by atoms with Crippen LogP contribution in [-0.2, 0) is 19.1 Å². The van der Waals surface area contributed by atoms with Gasteiger partial charge >= 0.3 is 11.9 Å². The molecule has 132 valence electrons. The number of rotatable bonds is 5. The van der Waals surface area contributed by atoms with Gasteiger partial charge in [-0.3, -0.25) is 9.79 Å². The predicted octanol–water partition coefficient (Wildman–Crippen LogP) is 3.69. The molecular weight excluding hydrogens is 342 g/mol. The van der Waals surface area contributed by atoms with Crippen molar-refractivity contribution < 1.29 is 19.1 Å². The fourth-order valence-electron chi connectivity index (χ4n) is 3.01. The number of hydrogen-bond donors (Lipinski definition) is 0. The molecule has 2 unspecified atom stereocenters. The zero-order valence-electron chi connectivity index (χ0n) is 14.4. The first kappa shape index (κ1) is 18.9. The van der Waals surface area contributed by atoms with Gasteiger partial charge in [0.2, 0.25) is 0 Å². The number of halogens is 1. The van der Waals surface area contributed by atoms with Crippen molar-refractivity contribution in [2.45, 2.75) is 19.8 Å². The monoisotopic (exact) mass is 361 g/mol. The average molecular weight is 362 g/mol. The van der Waals surface area contributed by atoms with Crippen LogP contribution in [0.3, 0.4) is 0 Å². The molecule has 0 saturated heterocycles. The van der Waals surface area contributed by atoms with Gasteiger partial charge in [-0.1, -0.05) is 42.5 Å². The first-order valence-corrected chi connectivity index (χ1v) is 8.16. The van der Waals surface area contributed by atoms with Crippen molar-refractivity contribution in [2.75, 3.05) is 13.7 Å². The van der Waals surface area contributed by atoms with Gasteiger partial charge < -0.3 is 9.47 Å². The number of aliphatic imine (C=N–C) groups is 1. The van der Waals surface area contributed by atoms with E-state index >= 15 is 0 Å². The van der Waals surface area contributed by atoms with Crippen LogP contribution in [-0.4, -0.2) is 31.4 Å². The van der Waals surface area contributed by atoms with Crippen molar-refractivity contribution in [1.82, 2.24) is 0 Å². The second-order valence-corrected chi connectivity index (χ2v) is 6.05. The fourth-order valence-corrected chi connectivity index (χ4v) is 3.26. The van der Waals surface area contributed by atoms with Gasteiger partial charge in [-0.05, 0) is 25.5 Å². The van der Waals surface area contributed by atoms with Gasteiger partial charge in [-0.25, -0.2) is 4.79 Å². The Kier molecular flexibility index (Phi) is 6.15. The van der Waals surface area contributed by atoms with Gasteiger partial charge in [0.05, 0.1) is 12.7 Å². The van der Waals surface area contributed by atoms with Crippen LogP contribution < -0.4 is 0 Å². The Morgan fingerprint density at radius 1 is 1.32 bits per heavy atom. The highest BCUT2D eigenvalue weighted by atomic mass is 35.5. The summed E-state index contributed by atoms with van der Waals surface area (Å²) < 4.78 is 10.2. The van der Waals surface area contributed by atoms with Crippen molar-refractivity contribution >= 4 is 29.3 Å². The molecule has 0 radical (unpaired) electrons. The van der Waals surface area contributed by atoms with Crippen LogP contribution in [0.5, 0.6) is 0 Å². The summed E-state index contributed by atoms with van der Waals surface area (Å²) in [5.74, 6) is -2.41. The van der Waals surface area contributed by atoms with E-state index in [4.69, 9.17) is 21.1 Å². The molecule has 0 amide bonds. The number of ether oxygens (including phenoxy) is 2. The largest absolute Gasteiger partial charge is 0.468 e. The lowest BCUT2D eigenvalue weighted by atomic mass is 9.75. The van der Waals surface area contributed by atoms with Crippen LogP contribution in [0.25, 0.3) is 0 Å².